The number of hydrogen-bond donors (Lipinski definition) is 1. The van der Waals surface area contributed by atoms with E-state index in [1.54, 1.807) is 18.2 Å². The SMILES string of the molecule is O=C1C(Br)=CC(=Nc2ccccc2)c2c1ccc(Br)c2O. The molecule has 0 saturated heterocycles. The van der Waals surface area contributed by atoms with Gasteiger partial charge in [-0.1, -0.05) is 18.2 Å². The molecule has 0 aromatic heterocycles. The Balaban J connectivity index is 2.26. The summed E-state index contributed by atoms with van der Waals surface area (Å²) in [4.78, 5) is 16.7. The minimum Gasteiger partial charge on any atom is -0.506 e. The Morgan fingerprint density at radius 3 is 2.43 bits per heavy atom. The van der Waals surface area contributed by atoms with Crippen LogP contribution in [0.5, 0.6) is 5.75 Å². The number of carbonyl (C=O) groups is 1. The molecule has 0 saturated carbocycles. The summed E-state index contributed by atoms with van der Waals surface area (Å²) in [5.74, 6) is -0.147. The number of phenolic OH excluding ortho intramolecular Hbond substituents is 1. The Hall–Kier alpha value is -1.72. The largest absolute Gasteiger partial charge is 0.506 e. The van der Waals surface area contributed by atoms with E-state index in [0.717, 1.165) is 5.69 Å². The molecule has 0 radical (unpaired) electrons. The quantitative estimate of drug-likeness (QED) is 0.742. The van der Waals surface area contributed by atoms with Gasteiger partial charge < -0.3 is 5.11 Å². The standard InChI is InChI=1S/C16H9Br2NO2/c17-11-7-6-10-14(16(11)21)13(8-12(18)15(10)20)19-9-4-2-1-3-5-9/h1-8,21H. The summed E-state index contributed by atoms with van der Waals surface area (Å²) in [6, 6.07) is 12.7. The maximum atomic E-state index is 12.2. The van der Waals surface area contributed by atoms with Gasteiger partial charge in [-0.3, -0.25) is 4.79 Å². The molecule has 0 amide bonds. The van der Waals surface area contributed by atoms with Crippen molar-refractivity contribution >= 4 is 49.0 Å². The van der Waals surface area contributed by atoms with E-state index in [1.807, 2.05) is 30.3 Å². The highest BCUT2D eigenvalue weighted by Crippen LogP contribution is 2.36. The number of halogens is 2. The Bertz CT molecular complexity index is 795. The van der Waals surface area contributed by atoms with E-state index in [4.69, 9.17) is 0 Å². The molecule has 0 fully saturated rings. The predicted molar refractivity (Wildman–Crippen MR) is 89.8 cm³/mol. The van der Waals surface area contributed by atoms with Crippen molar-refractivity contribution in [3.05, 3.63) is 68.6 Å². The third kappa shape index (κ3) is 2.59. The minimum absolute atomic E-state index is 0.0202. The number of rotatable bonds is 1. The lowest BCUT2D eigenvalue weighted by Gasteiger charge is -2.17. The molecule has 1 aliphatic rings. The smallest absolute Gasteiger partial charge is 0.200 e. The number of ketones is 1. The molecule has 0 aliphatic heterocycles. The average molecular weight is 407 g/mol. The molecule has 3 nitrogen and oxygen atoms in total. The van der Waals surface area contributed by atoms with Crippen molar-refractivity contribution < 1.29 is 9.90 Å². The first kappa shape index (κ1) is 14.2. The molecule has 0 bridgehead atoms. The van der Waals surface area contributed by atoms with Gasteiger partial charge in [0.1, 0.15) is 5.75 Å². The van der Waals surface area contributed by atoms with Gasteiger partial charge in [-0.25, -0.2) is 4.99 Å². The van der Waals surface area contributed by atoms with Crippen LogP contribution in [-0.4, -0.2) is 16.6 Å². The predicted octanol–water partition coefficient (Wildman–Crippen LogP) is 4.75. The lowest BCUT2D eigenvalue weighted by Crippen LogP contribution is -2.15. The number of carbonyl (C=O) groups excluding carboxylic acids is 1. The first-order valence-electron chi connectivity index (χ1n) is 6.15. The summed E-state index contributed by atoms with van der Waals surface area (Å²) in [6.45, 7) is 0. The van der Waals surface area contributed by atoms with E-state index in [-0.39, 0.29) is 11.5 Å². The van der Waals surface area contributed by atoms with Gasteiger partial charge in [0.05, 0.1) is 25.9 Å². The highest BCUT2D eigenvalue weighted by Gasteiger charge is 2.26. The molecule has 21 heavy (non-hydrogen) atoms. The van der Waals surface area contributed by atoms with Crippen LogP contribution in [0.25, 0.3) is 0 Å². The molecule has 0 heterocycles. The molecule has 0 unspecified atom stereocenters. The highest BCUT2D eigenvalue weighted by molar-refractivity contribution is 9.12. The first-order chi connectivity index (χ1) is 10.1. The molecule has 2 aromatic rings. The number of allylic oxidation sites excluding steroid dienone is 2. The maximum absolute atomic E-state index is 12.2. The fourth-order valence-electron chi connectivity index (χ4n) is 2.13. The second kappa shape index (κ2) is 5.58. The van der Waals surface area contributed by atoms with Crippen molar-refractivity contribution in [2.75, 3.05) is 0 Å². The van der Waals surface area contributed by atoms with Crippen molar-refractivity contribution in [3.63, 3.8) is 0 Å². The van der Waals surface area contributed by atoms with Crippen LogP contribution < -0.4 is 0 Å². The van der Waals surface area contributed by atoms with Crippen LogP contribution in [-0.2, 0) is 0 Å². The Labute approximate surface area is 138 Å². The third-order valence-electron chi connectivity index (χ3n) is 3.12. The van der Waals surface area contributed by atoms with E-state index in [0.29, 0.717) is 25.8 Å². The summed E-state index contributed by atoms with van der Waals surface area (Å²) in [5, 5.41) is 10.3. The van der Waals surface area contributed by atoms with Crippen molar-refractivity contribution in [3.8, 4) is 5.75 Å². The normalized spacial score (nSPS) is 15.8. The average Bonchev–Trinajstić information content (AvgIpc) is 2.48. The Morgan fingerprint density at radius 1 is 1.00 bits per heavy atom. The van der Waals surface area contributed by atoms with E-state index >= 15 is 0 Å². The van der Waals surface area contributed by atoms with Crippen LogP contribution in [0.1, 0.15) is 15.9 Å². The fourth-order valence-corrected chi connectivity index (χ4v) is 2.89. The summed E-state index contributed by atoms with van der Waals surface area (Å²) >= 11 is 6.53. The number of aromatic hydroxyl groups is 1. The second-order valence-electron chi connectivity index (χ2n) is 4.47. The zero-order chi connectivity index (χ0) is 15.0. The van der Waals surface area contributed by atoms with Crippen molar-refractivity contribution in [1.82, 2.24) is 0 Å². The Morgan fingerprint density at radius 2 is 1.71 bits per heavy atom. The number of phenols is 1. The molecular formula is C16H9Br2NO2. The number of para-hydroxylation sites is 1. The summed E-state index contributed by atoms with van der Waals surface area (Å²) in [6.07, 6.45) is 1.63. The van der Waals surface area contributed by atoms with E-state index in [9.17, 15) is 9.90 Å². The maximum Gasteiger partial charge on any atom is 0.200 e. The molecule has 2 aromatic carbocycles. The highest BCUT2D eigenvalue weighted by atomic mass is 79.9. The topological polar surface area (TPSA) is 49.7 Å². The van der Waals surface area contributed by atoms with Gasteiger partial charge in [-0.15, -0.1) is 0 Å². The third-order valence-corrected chi connectivity index (χ3v) is 4.34. The summed E-state index contributed by atoms with van der Waals surface area (Å²) in [5.41, 5.74) is 2.17. The second-order valence-corrected chi connectivity index (χ2v) is 6.18. The molecule has 104 valence electrons. The summed E-state index contributed by atoms with van der Waals surface area (Å²) < 4.78 is 0.952. The zero-order valence-electron chi connectivity index (χ0n) is 10.7. The number of fused-ring (bicyclic) bond motifs is 1. The van der Waals surface area contributed by atoms with Crippen LogP contribution in [0.3, 0.4) is 0 Å². The van der Waals surface area contributed by atoms with Crippen molar-refractivity contribution in [2.45, 2.75) is 0 Å². The molecule has 0 spiro atoms. The van der Waals surface area contributed by atoms with E-state index in [1.165, 1.54) is 0 Å². The summed E-state index contributed by atoms with van der Waals surface area (Å²) in [7, 11) is 0. The monoisotopic (exact) mass is 405 g/mol. The molecule has 0 atom stereocenters. The fraction of sp³-hybridized carbons (Fsp3) is 0. The number of hydrogen-bond acceptors (Lipinski definition) is 3. The molecule has 5 heteroatoms. The van der Waals surface area contributed by atoms with Gasteiger partial charge in [-0.05, 0) is 62.2 Å². The van der Waals surface area contributed by atoms with Crippen LogP contribution >= 0.6 is 31.9 Å². The van der Waals surface area contributed by atoms with Gasteiger partial charge in [0.25, 0.3) is 0 Å². The number of nitrogens with zero attached hydrogens (tertiary/aromatic N) is 1. The number of Topliss-reactive ketones (excluding diaryl/α,β-unsaturated/α-hetero) is 1. The first-order valence-corrected chi connectivity index (χ1v) is 7.74. The number of benzene rings is 2. The van der Waals surface area contributed by atoms with Crippen LogP contribution in [0.2, 0.25) is 0 Å². The van der Waals surface area contributed by atoms with Gasteiger partial charge >= 0.3 is 0 Å². The molecular weight excluding hydrogens is 398 g/mol. The number of aliphatic imine (C=N–C) groups is 1. The van der Waals surface area contributed by atoms with E-state index in [2.05, 4.69) is 36.9 Å². The lowest BCUT2D eigenvalue weighted by molar-refractivity contribution is 0.104. The lowest BCUT2D eigenvalue weighted by atomic mass is 9.93. The van der Waals surface area contributed by atoms with Gasteiger partial charge in [-0.2, -0.15) is 0 Å². The van der Waals surface area contributed by atoms with E-state index < -0.39 is 0 Å². The zero-order valence-corrected chi connectivity index (χ0v) is 13.8. The van der Waals surface area contributed by atoms with Crippen molar-refractivity contribution in [2.24, 2.45) is 4.99 Å². The Kier molecular flexibility index (Phi) is 3.78. The van der Waals surface area contributed by atoms with Crippen molar-refractivity contribution in [1.29, 1.82) is 0 Å². The van der Waals surface area contributed by atoms with Gasteiger partial charge in [0.15, 0.2) is 0 Å². The van der Waals surface area contributed by atoms with Crippen LogP contribution in [0.4, 0.5) is 5.69 Å². The van der Waals surface area contributed by atoms with Gasteiger partial charge in [0.2, 0.25) is 5.78 Å². The molecule has 1 aliphatic carbocycles. The minimum atomic E-state index is -0.167. The van der Waals surface area contributed by atoms with Crippen LogP contribution in [0.15, 0.2) is 62.5 Å². The van der Waals surface area contributed by atoms with Gasteiger partial charge in [0, 0.05) is 5.56 Å². The molecule has 1 N–H and O–H groups in total. The van der Waals surface area contributed by atoms with Crippen LogP contribution in [0, 0.1) is 0 Å². The molecule has 3 rings (SSSR count).